The summed E-state index contributed by atoms with van der Waals surface area (Å²) in [5, 5.41) is 4.44. The maximum Gasteiger partial charge on any atom is 0.175 e. The minimum absolute atomic E-state index is 0.275. The van der Waals surface area contributed by atoms with Crippen molar-refractivity contribution < 1.29 is 13.9 Å². The predicted molar refractivity (Wildman–Crippen MR) is 120 cm³/mol. The summed E-state index contributed by atoms with van der Waals surface area (Å²) in [5.41, 5.74) is 2.64. The Labute approximate surface area is 187 Å². The minimum Gasteiger partial charge on any atom is -0.490 e. The summed E-state index contributed by atoms with van der Waals surface area (Å²) in [6, 6.07) is 15.4. The molecule has 0 aliphatic heterocycles. The van der Waals surface area contributed by atoms with Gasteiger partial charge in [0.05, 0.1) is 21.8 Å². The summed E-state index contributed by atoms with van der Waals surface area (Å²) in [6.07, 6.45) is 0. The topological polar surface area (TPSA) is 30.5 Å². The number of nitrogens with one attached hydrogen (secondary N) is 1. The van der Waals surface area contributed by atoms with E-state index >= 15 is 0 Å². The van der Waals surface area contributed by atoms with E-state index in [1.54, 1.807) is 24.3 Å². The molecule has 0 saturated carbocycles. The predicted octanol–water partition coefficient (Wildman–Crippen LogP) is 7.48. The molecule has 7 heteroatoms. The van der Waals surface area contributed by atoms with Crippen molar-refractivity contribution in [1.82, 2.24) is 0 Å². The van der Waals surface area contributed by atoms with Crippen molar-refractivity contribution in [1.29, 1.82) is 0 Å². The highest BCUT2D eigenvalue weighted by atomic mass is 79.9. The zero-order chi connectivity index (χ0) is 20.8. The van der Waals surface area contributed by atoms with E-state index in [4.69, 9.17) is 32.7 Å². The van der Waals surface area contributed by atoms with E-state index in [0.29, 0.717) is 41.3 Å². The lowest BCUT2D eigenvalue weighted by Gasteiger charge is -2.16. The number of halogens is 4. The SMILES string of the molecule is CCOc1cc(CNc2ccc(Cl)cc2Cl)cc(Br)c1OCc1ccc(F)cc1. The molecule has 3 nitrogen and oxygen atoms in total. The lowest BCUT2D eigenvalue weighted by Crippen LogP contribution is -2.04. The molecule has 3 aromatic carbocycles. The first-order valence-electron chi connectivity index (χ1n) is 8.97. The van der Waals surface area contributed by atoms with E-state index in [1.165, 1.54) is 12.1 Å². The van der Waals surface area contributed by atoms with E-state index < -0.39 is 0 Å². The Bertz CT molecular complexity index is 983. The van der Waals surface area contributed by atoms with Crippen LogP contribution in [0.15, 0.2) is 59.1 Å². The van der Waals surface area contributed by atoms with E-state index in [-0.39, 0.29) is 5.82 Å². The second-order valence-electron chi connectivity index (χ2n) is 6.23. The standard InChI is InChI=1S/C22H19BrCl2FNO2/c1-2-28-21-10-15(12-27-20-8-5-16(24)11-19(20)25)9-18(23)22(21)29-13-14-3-6-17(26)7-4-14/h3-11,27H,2,12-13H2,1H3. The molecule has 152 valence electrons. The van der Waals surface area contributed by atoms with E-state index in [2.05, 4.69) is 21.2 Å². The molecule has 0 bridgehead atoms. The van der Waals surface area contributed by atoms with Gasteiger partial charge >= 0.3 is 0 Å². The van der Waals surface area contributed by atoms with Gasteiger partial charge in [0, 0.05) is 11.6 Å². The smallest absolute Gasteiger partial charge is 0.175 e. The molecule has 0 radical (unpaired) electrons. The Balaban J connectivity index is 1.75. The molecule has 0 heterocycles. The molecule has 0 aliphatic carbocycles. The van der Waals surface area contributed by atoms with Gasteiger partial charge in [0.25, 0.3) is 0 Å². The number of benzene rings is 3. The summed E-state index contributed by atoms with van der Waals surface area (Å²) in [4.78, 5) is 0. The summed E-state index contributed by atoms with van der Waals surface area (Å²) < 4.78 is 25.6. The maximum atomic E-state index is 13.1. The summed E-state index contributed by atoms with van der Waals surface area (Å²) >= 11 is 15.7. The molecule has 0 aromatic heterocycles. The third-order valence-corrected chi connectivity index (χ3v) is 5.22. The molecule has 0 saturated heterocycles. The van der Waals surface area contributed by atoms with Crippen molar-refractivity contribution in [3.8, 4) is 11.5 Å². The Kier molecular flexibility index (Phi) is 7.64. The fourth-order valence-corrected chi connectivity index (χ4v) is 3.77. The highest BCUT2D eigenvalue weighted by Crippen LogP contribution is 2.38. The van der Waals surface area contributed by atoms with Crippen LogP contribution in [0.25, 0.3) is 0 Å². The molecule has 3 aromatic rings. The van der Waals surface area contributed by atoms with Crippen LogP contribution in [0.1, 0.15) is 18.1 Å². The van der Waals surface area contributed by atoms with Gasteiger partial charge in [0.1, 0.15) is 12.4 Å². The van der Waals surface area contributed by atoms with Crippen molar-refractivity contribution >= 4 is 44.8 Å². The lowest BCUT2D eigenvalue weighted by molar-refractivity contribution is 0.267. The Morgan fingerprint density at radius 3 is 2.41 bits per heavy atom. The Morgan fingerprint density at radius 1 is 0.966 bits per heavy atom. The van der Waals surface area contributed by atoms with Gasteiger partial charge in [-0.05, 0) is 76.4 Å². The van der Waals surface area contributed by atoms with Crippen molar-refractivity contribution in [3.05, 3.63) is 86.1 Å². The van der Waals surface area contributed by atoms with Crippen LogP contribution >= 0.6 is 39.1 Å². The van der Waals surface area contributed by atoms with Crippen LogP contribution in [0.2, 0.25) is 10.0 Å². The summed E-state index contributed by atoms with van der Waals surface area (Å²) in [5.74, 6) is 0.954. The number of hydrogen-bond donors (Lipinski definition) is 1. The summed E-state index contributed by atoms with van der Waals surface area (Å²) in [6.45, 7) is 3.25. The highest BCUT2D eigenvalue weighted by molar-refractivity contribution is 9.10. The van der Waals surface area contributed by atoms with Crippen LogP contribution in [0.4, 0.5) is 10.1 Å². The average Bonchev–Trinajstić information content (AvgIpc) is 2.68. The second-order valence-corrected chi connectivity index (χ2v) is 7.93. The first-order valence-corrected chi connectivity index (χ1v) is 10.5. The van der Waals surface area contributed by atoms with Crippen LogP contribution in [-0.4, -0.2) is 6.61 Å². The monoisotopic (exact) mass is 497 g/mol. The van der Waals surface area contributed by atoms with Crippen LogP contribution in [0, 0.1) is 5.82 Å². The zero-order valence-electron chi connectivity index (χ0n) is 15.6. The molecule has 29 heavy (non-hydrogen) atoms. The van der Waals surface area contributed by atoms with E-state index in [1.807, 2.05) is 25.1 Å². The summed E-state index contributed by atoms with van der Waals surface area (Å²) in [7, 11) is 0. The zero-order valence-corrected chi connectivity index (χ0v) is 18.7. The van der Waals surface area contributed by atoms with Crippen molar-refractivity contribution in [2.45, 2.75) is 20.1 Å². The van der Waals surface area contributed by atoms with Crippen molar-refractivity contribution in [2.75, 3.05) is 11.9 Å². The van der Waals surface area contributed by atoms with Crippen LogP contribution in [0.5, 0.6) is 11.5 Å². The average molecular weight is 499 g/mol. The molecule has 0 unspecified atom stereocenters. The van der Waals surface area contributed by atoms with Gasteiger partial charge in [-0.1, -0.05) is 35.3 Å². The van der Waals surface area contributed by atoms with Gasteiger partial charge in [-0.15, -0.1) is 0 Å². The first-order chi connectivity index (χ1) is 14.0. The molecule has 0 fully saturated rings. The Hall–Kier alpha value is -1.95. The fraction of sp³-hybridized carbons (Fsp3) is 0.182. The molecule has 1 N–H and O–H groups in total. The third-order valence-electron chi connectivity index (χ3n) is 4.08. The largest absolute Gasteiger partial charge is 0.490 e. The van der Waals surface area contributed by atoms with Gasteiger partial charge in [-0.25, -0.2) is 4.39 Å². The molecule has 0 amide bonds. The van der Waals surface area contributed by atoms with Crippen LogP contribution in [0.3, 0.4) is 0 Å². The third kappa shape index (κ3) is 6.01. The number of hydrogen-bond acceptors (Lipinski definition) is 3. The molecular weight excluding hydrogens is 480 g/mol. The molecule has 3 rings (SSSR count). The molecule has 0 atom stereocenters. The minimum atomic E-state index is -0.275. The normalized spacial score (nSPS) is 10.7. The van der Waals surface area contributed by atoms with Crippen LogP contribution < -0.4 is 14.8 Å². The van der Waals surface area contributed by atoms with Gasteiger partial charge in [0.15, 0.2) is 11.5 Å². The number of anilines is 1. The second kappa shape index (κ2) is 10.2. The van der Waals surface area contributed by atoms with E-state index in [9.17, 15) is 4.39 Å². The van der Waals surface area contributed by atoms with Crippen LogP contribution in [-0.2, 0) is 13.2 Å². The lowest BCUT2D eigenvalue weighted by atomic mass is 10.2. The highest BCUT2D eigenvalue weighted by Gasteiger charge is 2.13. The number of ether oxygens (including phenoxy) is 2. The molecule has 0 aliphatic rings. The molecular formula is C22H19BrCl2FNO2. The van der Waals surface area contributed by atoms with Crippen molar-refractivity contribution in [2.24, 2.45) is 0 Å². The fourth-order valence-electron chi connectivity index (χ4n) is 2.69. The van der Waals surface area contributed by atoms with Gasteiger partial charge in [0.2, 0.25) is 0 Å². The van der Waals surface area contributed by atoms with Gasteiger partial charge in [-0.2, -0.15) is 0 Å². The Morgan fingerprint density at radius 2 is 1.72 bits per heavy atom. The first kappa shape index (κ1) is 21.8. The maximum absolute atomic E-state index is 13.1. The quantitative estimate of drug-likeness (QED) is 0.349. The van der Waals surface area contributed by atoms with Gasteiger partial charge in [-0.3, -0.25) is 0 Å². The van der Waals surface area contributed by atoms with Gasteiger partial charge < -0.3 is 14.8 Å². The van der Waals surface area contributed by atoms with E-state index in [0.717, 1.165) is 21.3 Å². The molecule has 0 spiro atoms. The number of rotatable bonds is 8. The van der Waals surface area contributed by atoms with Crippen molar-refractivity contribution in [3.63, 3.8) is 0 Å².